The fourth-order valence-electron chi connectivity index (χ4n) is 1.04. The van der Waals surface area contributed by atoms with E-state index in [0.717, 1.165) is 11.0 Å². The Morgan fingerprint density at radius 1 is 1.36 bits per heavy atom. The summed E-state index contributed by atoms with van der Waals surface area (Å²) in [5.74, 6) is 0.643. The molecule has 0 aliphatic carbocycles. The Kier molecular flexibility index (Phi) is 3.81. The third kappa shape index (κ3) is 2.66. The van der Waals surface area contributed by atoms with Crippen molar-refractivity contribution < 1.29 is 4.48 Å². The lowest BCUT2D eigenvalue weighted by Gasteiger charge is -2.32. The third-order valence-corrected chi connectivity index (χ3v) is 2.75. The van der Waals surface area contributed by atoms with E-state index in [4.69, 9.17) is 0 Å². The summed E-state index contributed by atoms with van der Waals surface area (Å²) in [6.45, 7) is 11.9. The van der Waals surface area contributed by atoms with E-state index in [1.54, 1.807) is 0 Å². The van der Waals surface area contributed by atoms with Crippen LogP contribution in [-0.4, -0.2) is 25.1 Å². The maximum atomic E-state index is 4.14. The van der Waals surface area contributed by atoms with Crippen LogP contribution in [-0.2, 0) is 0 Å². The summed E-state index contributed by atoms with van der Waals surface area (Å²) in [6.07, 6.45) is 1.19. The van der Waals surface area contributed by atoms with Crippen molar-refractivity contribution in [3.63, 3.8) is 0 Å². The quantitative estimate of drug-likeness (QED) is 0.549. The molecule has 1 atom stereocenters. The highest BCUT2D eigenvalue weighted by molar-refractivity contribution is 4.88. The maximum Gasteiger partial charge on any atom is 0.104 e. The van der Waals surface area contributed by atoms with Crippen molar-refractivity contribution in [2.45, 2.75) is 27.2 Å². The van der Waals surface area contributed by atoms with E-state index < -0.39 is 0 Å². The van der Waals surface area contributed by atoms with Gasteiger partial charge in [-0.3, -0.25) is 0 Å². The van der Waals surface area contributed by atoms with Crippen LogP contribution in [0, 0.1) is 5.92 Å². The number of quaternary nitrogens is 1. The van der Waals surface area contributed by atoms with Gasteiger partial charge in [0.25, 0.3) is 0 Å². The molecule has 0 aromatic rings. The minimum Gasteiger partial charge on any atom is -0.300 e. The fraction of sp³-hybridized carbons (Fsp3) is 0.800. The summed E-state index contributed by atoms with van der Waals surface area (Å²) in [5.41, 5.74) is 1.34. The van der Waals surface area contributed by atoms with Crippen LogP contribution in [0.25, 0.3) is 0 Å². The first kappa shape index (κ1) is 10.7. The Labute approximate surface area is 71.3 Å². The molecule has 1 nitrogen and oxygen atoms in total. The summed E-state index contributed by atoms with van der Waals surface area (Å²) >= 11 is 0. The third-order valence-electron chi connectivity index (χ3n) is 2.75. The normalized spacial score (nSPS) is 14.6. The highest BCUT2D eigenvalue weighted by Gasteiger charge is 2.21. The molecule has 0 bridgehead atoms. The molecule has 0 N–H and O–H groups in total. The predicted octanol–water partition coefficient (Wildman–Crippen LogP) is 2.64. The fourth-order valence-corrected chi connectivity index (χ4v) is 1.04. The number of rotatable bonds is 4. The molecule has 0 fully saturated rings. The second kappa shape index (κ2) is 3.91. The predicted molar refractivity (Wildman–Crippen MR) is 51.2 cm³/mol. The lowest BCUT2D eigenvalue weighted by atomic mass is 10.0. The van der Waals surface area contributed by atoms with Gasteiger partial charge in [-0.15, -0.1) is 0 Å². The van der Waals surface area contributed by atoms with Gasteiger partial charge in [0.1, 0.15) is 5.70 Å². The summed E-state index contributed by atoms with van der Waals surface area (Å²) in [4.78, 5) is 0. The van der Waals surface area contributed by atoms with Crippen molar-refractivity contribution in [2.75, 3.05) is 20.6 Å². The highest BCUT2D eigenvalue weighted by atomic mass is 15.3. The first-order valence-electron chi connectivity index (χ1n) is 4.48. The molecule has 11 heavy (non-hydrogen) atoms. The number of nitrogens with zero attached hydrogens (tertiary/aromatic N) is 1. The van der Waals surface area contributed by atoms with Gasteiger partial charge in [0.15, 0.2) is 0 Å². The molecule has 0 saturated heterocycles. The SMILES string of the molecule is C=C(C(C)CC)[N+](C)(C)CC. The topological polar surface area (TPSA) is 0 Å². The molecule has 0 amide bonds. The Balaban J connectivity index is 4.23. The van der Waals surface area contributed by atoms with Crippen LogP contribution in [0.4, 0.5) is 0 Å². The van der Waals surface area contributed by atoms with Gasteiger partial charge in [-0.2, -0.15) is 0 Å². The molecule has 0 aliphatic rings. The zero-order chi connectivity index (χ0) is 9.07. The van der Waals surface area contributed by atoms with Crippen molar-refractivity contribution in [3.8, 4) is 0 Å². The summed E-state index contributed by atoms with van der Waals surface area (Å²) in [5, 5.41) is 0. The van der Waals surface area contributed by atoms with Crippen LogP contribution >= 0.6 is 0 Å². The Morgan fingerprint density at radius 2 is 1.82 bits per heavy atom. The van der Waals surface area contributed by atoms with Gasteiger partial charge in [-0.1, -0.05) is 13.8 Å². The van der Waals surface area contributed by atoms with Gasteiger partial charge in [0, 0.05) is 5.92 Å². The van der Waals surface area contributed by atoms with E-state index in [-0.39, 0.29) is 0 Å². The maximum absolute atomic E-state index is 4.14. The molecule has 66 valence electrons. The van der Waals surface area contributed by atoms with Crippen LogP contribution in [0.3, 0.4) is 0 Å². The summed E-state index contributed by atoms with van der Waals surface area (Å²) < 4.78 is 0.953. The monoisotopic (exact) mass is 156 g/mol. The van der Waals surface area contributed by atoms with Crippen LogP contribution in [0.2, 0.25) is 0 Å². The molecule has 0 spiro atoms. The Morgan fingerprint density at radius 3 is 2.09 bits per heavy atom. The van der Waals surface area contributed by atoms with E-state index in [1.165, 1.54) is 12.1 Å². The van der Waals surface area contributed by atoms with Crippen LogP contribution in [0.1, 0.15) is 27.2 Å². The highest BCUT2D eigenvalue weighted by Crippen LogP contribution is 2.20. The van der Waals surface area contributed by atoms with Gasteiger partial charge in [-0.05, 0) is 19.9 Å². The first-order valence-corrected chi connectivity index (χ1v) is 4.48. The molecule has 0 rings (SSSR count). The zero-order valence-corrected chi connectivity index (χ0v) is 8.65. The van der Waals surface area contributed by atoms with E-state index in [9.17, 15) is 0 Å². The van der Waals surface area contributed by atoms with Gasteiger partial charge < -0.3 is 4.48 Å². The lowest BCUT2D eigenvalue weighted by Crippen LogP contribution is -2.39. The second-order valence-electron chi connectivity index (χ2n) is 3.80. The van der Waals surface area contributed by atoms with Gasteiger partial charge in [0.2, 0.25) is 0 Å². The standard InChI is InChI=1S/C10H22N/c1-7-9(3)10(4)11(5,6)8-2/h9H,4,7-8H2,1-3,5-6H3/q+1. The molecule has 0 heterocycles. The molecule has 1 heteroatoms. The van der Waals surface area contributed by atoms with Crippen molar-refractivity contribution in [1.82, 2.24) is 0 Å². The largest absolute Gasteiger partial charge is 0.300 e. The average Bonchev–Trinajstić information content (AvgIpc) is 2.01. The second-order valence-corrected chi connectivity index (χ2v) is 3.80. The van der Waals surface area contributed by atoms with Crippen LogP contribution in [0.5, 0.6) is 0 Å². The molecular weight excluding hydrogens is 134 g/mol. The minimum atomic E-state index is 0.643. The van der Waals surface area contributed by atoms with Crippen LogP contribution < -0.4 is 0 Å². The number of hydrogen-bond acceptors (Lipinski definition) is 0. The lowest BCUT2D eigenvalue weighted by molar-refractivity contribution is -0.853. The van der Waals surface area contributed by atoms with Crippen molar-refractivity contribution >= 4 is 0 Å². The molecule has 0 saturated carbocycles. The minimum absolute atomic E-state index is 0.643. The number of hydrogen-bond donors (Lipinski definition) is 0. The zero-order valence-electron chi connectivity index (χ0n) is 8.65. The molecule has 1 unspecified atom stereocenters. The van der Waals surface area contributed by atoms with Gasteiger partial charge >= 0.3 is 0 Å². The Bertz CT molecular complexity index is 136. The summed E-state index contributed by atoms with van der Waals surface area (Å²) in [7, 11) is 4.43. The number of allylic oxidation sites excluding steroid dienone is 1. The van der Waals surface area contributed by atoms with Crippen LogP contribution in [0.15, 0.2) is 12.3 Å². The Hall–Kier alpha value is -0.300. The van der Waals surface area contributed by atoms with Crippen molar-refractivity contribution in [2.24, 2.45) is 5.92 Å². The van der Waals surface area contributed by atoms with E-state index in [0.29, 0.717) is 5.92 Å². The van der Waals surface area contributed by atoms with Gasteiger partial charge in [-0.25, -0.2) is 0 Å². The smallest absolute Gasteiger partial charge is 0.104 e. The molecule has 0 aromatic heterocycles. The first-order chi connectivity index (χ1) is 4.95. The summed E-state index contributed by atoms with van der Waals surface area (Å²) in [6, 6.07) is 0. The molecule has 0 aliphatic heterocycles. The molecule has 0 radical (unpaired) electrons. The van der Waals surface area contributed by atoms with E-state index in [1.807, 2.05) is 0 Å². The van der Waals surface area contributed by atoms with Crippen molar-refractivity contribution in [1.29, 1.82) is 0 Å². The molecular formula is C10H22N+. The van der Waals surface area contributed by atoms with E-state index in [2.05, 4.69) is 41.4 Å². The van der Waals surface area contributed by atoms with Crippen molar-refractivity contribution in [3.05, 3.63) is 12.3 Å². The van der Waals surface area contributed by atoms with Gasteiger partial charge in [0.05, 0.1) is 20.6 Å². The average molecular weight is 156 g/mol. The molecule has 0 aromatic carbocycles. The van der Waals surface area contributed by atoms with E-state index >= 15 is 0 Å².